The van der Waals surface area contributed by atoms with Crippen molar-refractivity contribution in [3.63, 3.8) is 0 Å². The monoisotopic (exact) mass is 494 g/mol. The number of halogens is 1. The highest BCUT2D eigenvalue weighted by molar-refractivity contribution is 6.30. The van der Waals surface area contributed by atoms with E-state index in [1.54, 1.807) is 12.1 Å². The average Bonchev–Trinajstić information content (AvgIpc) is 2.75. The molecule has 2 fully saturated rings. The summed E-state index contributed by atoms with van der Waals surface area (Å²) in [7, 11) is 0. The summed E-state index contributed by atoms with van der Waals surface area (Å²) in [6.07, 6.45) is 1.99. The Hall–Kier alpha value is -2.74. The number of carbonyl (C=O) groups is 1. The third kappa shape index (κ3) is 5.13. The normalized spacial score (nSPS) is 20.6. The first-order valence-electron chi connectivity index (χ1n) is 12.3. The van der Waals surface area contributed by atoms with Crippen molar-refractivity contribution < 1.29 is 9.90 Å². The maximum atomic E-state index is 13.7. The van der Waals surface area contributed by atoms with Crippen LogP contribution in [0.25, 0.3) is 22.3 Å². The first kappa shape index (κ1) is 24.0. The quantitative estimate of drug-likeness (QED) is 0.525. The van der Waals surface area contributed by atoms with Crippen molar-refractivity contribution in [3.8, 4) is 11.4 Å². The van der Waals surface area contributed by atoms with Crippen LogP contribution in [-0.4, -0.2) is 57.2 Å². The summed E-state index contributed by atoms with van der Waals surface area (Å²) in [5, 5.41) is 13.4. The zero-order valence-electron chi connectivity index (χ0n) is 20.1. The van der Waals surface area contributed by atoms with E-state index >= 15 is 0 Å². The lowest BCUT2D eigenvalue weighted by Crippen LogP contribution is -2.53. The molecule has 184 valence electrons. The molecular weight excluding hydrogens is 464 g/mol. The summed E-state index contributed by atoms with van der Waals surface area (Å²) >= 11 is 6.21. The van der Waals surface area contributed by atoms with Crippen molar-refractivity contribution in [2.75, 3.05) is 19.6 Å². The number of carbonyl (C=O) groups excluding carboxylic acids is 1. The molecule has 0 atom stereocenters. The van der Waals surface area contributed by atoms with Gasteiger partial charge in [0, 0.05) is 36.3 Å². The second-order valence-corrected chi connectivity index (χ2v) is 10.7. The number of aliphatic hydroxyl groups excluding tert-OH is 1. The standard InChI is InChI=1S/C27H31ClN4O3/c1-16(2)29-25(34)15-32-26(19-4-3-5-21(28)10-19)30-24-7-6-18(11-23(24)27(32)35)20-8-17(9-20)12-31-13-22(33)14-31/h3-7,10-11,16-17,20,22,33H,8-9,12-15H2,1-2H3,(H,29,34). The number of rotatable bonds is 7. The number of hydrogen-bond acceptors (Lipinski definition) is 5. The summed E-state index contributed by atoms with van der Waals surface area (Å²) < 4.78 is 1.45. The van der Waals surface area contributed by atoms with Gasteiger partial charge in [-0.3, -0.25) is 19.1 Å². The summed E-state index contributed by atoms with van der Waals surface area (Å²) in [6, 6.07) is 13.1. The summed E-state index contributed by atoms with van der Waals surface area (Å²) in [5.74, 6) is 1.24. The van der Waals surface area contributed by atoms with Crippen LogP contribution >= 0.6 is 11.6 Å². The molecule has 1 saturated heterocycles. The van der Waals surface area contributed by atoms with Crippen LogP contribution in [0, 0.1) is 5.92 Å². The fraction of sp³-hybridized carbons (Fsp3) is 0.444. The number of fused-ring (bicyclic) bond motifs is 1. The van der Waals surface area contributed by atoms with Gasteiger partial charge in [-0.05, 0) is 68.4 Å². The summed E-state index contributed by atoms with van der Waals surface area (Å²) in [4.78, 5) is 33.4. The third-order valence-corrected chi connectivity index (χ3v) is 7.21. The van der Waals surface area contributed by atoms with E-state index in [0.717, 1.165) is 38.0 Å². The average molecular weight is 495 g/mol. The van der Waals surface area contributed by atoms with E-state index < -0.39 is 0 Å². The van der Waals surface area contributed by atoms with E-state index in [9.17, 15) is 14.7 Å². The lowest BCUT2D eigenvalue weighted by atomic mass is 9.71. The van der Waals surface area contributed by atoms with Crippen molar-refractivity contribution in [1.82, 2.24) is 19.8 Å². The van der Waals surface area contributed by atoms with Gasteiger partial charge >= 0.3 is 0 Å². The van der Waals surface area contributed by atoms with Crippen LogP contribution in [-0.2, 0) is 11.3 Å². The fourth-order valence-corrected chi connectivity index (χ4v) is 5.40. The Morgan fingerprint density at radius 2 is 1.97 bits per heavy atom. The Bertz CT molecular complexity index is 1310. The van der Waals surface area contributed by atoms with E-state index in [-0.39, 0.29) is 30.2 Å². The number of aromatic nitrogens is 2. The van der Waals surface area contributed by atoms with Crippen LogP contribution in [0.4, 0.5) is 0 Å². The molecule has 2 aliphatic rings. The van der Waals surface area contributed by atoms with Gasteiger partial charge in [0.25, 0.3) is 5.56 Å². The second kappa shape index (κ2) is 9.72. The number of nitrogens with one attached hydrogen (secondary N) is 1. The molecule has 1 saturated carbocycles. The number of nitrogens with zero attached hydrogens (tertiary/aromatic N) is 3. The van der Waals surface area contributed by atoms with E-state index in [0.29, 0.717) is 39.1 Å². The van der Waals surface area contributed by atoms with Gasteiger partial charge in [0.2, 0.25) is 5.91 Å². The molecule has 0 bridgehead atoms. The highest BCUT2D eigenvalue weighted by Gasteiger charge is 2.35. The number of likely N-dealkylation sites (tertiary alicyclic amines) is 1. The molecule has 35 heavy (non-hydrogen) atoms. The van der Waals surface area contributed by atoms with E-state index in [1.165, 1.54) is 4.57 Å². The Kier molecular flexibility index (Phi) is 6.66. The number of β-amino-alcohol motifs (C(OH)–C–C–N with tert-alkyl or cyclic N) is 1. The van der Waals surface area contributed by atoms with Crippen molar-refractivity contribution in [2.24, 2.45) is 5.92 Å². The van der Waals surface area contributed by atoms with Gasteiger partial charge < -0.3 is 10.4 Å². The highest BCUT2D eigenvalue weighted by atomic mass is 35.5. The maximum absolute atomic E-state index is 13.7. The molecular formula is C27H31ClN4O3. The molecule has 2 aromatic carbocycles. The van der Waals surface area contributed by atoms with E-state index in [1.807, 2.05) is 38.1 Å². The van der Waals surface area contributed by atoms with Gasteiger partial charge in [0.05, 0.1) is 17.0 Å². The van der Waals surface area contributed by atoms with Crippen molar-refractivity contribution >= 4 is 28.4 Å². The fourth-order valence-electron chi connectivity index (χ4n) is 5.21. The first-order chi connectivity index (χ1) is 16.8. The molecule has 1 amide bonds. The smallest absolute Gasteiger partial charge is 0.262 e. The largest absolute Gasteiger partial charge is 0.390 e. The minimum Gasteiger partial charge on any atom is -0.390 e. The van der Waals surface area contributed by atoms with Crippen molar-refractivity contribution in [2.45, 2.75) is 51.3 Å². The van der Waals surface area contributed by atoms with Gasteiger partial charge in [-0.1, -0.05) is 29.8 Å². The zero-order valence-corrected chi connectivity index (χ0v) is 20.8. The van der Waals surface area contributed by atoms with Crippen LogP contribution in [0.3, 0.4) is 0 Å². The Morgan fingerprint density at radius 1 is 1.20 bits per heavy atom. The van der Waals surface area contributed by atoms with Crippen LogP contribution in [0.2, 0.25) is 5.02 Å². The van der Waals surface area contributed by atoms with Gasteiger partial charge in [-0.2, -0.15) is 0 Å². The highest BCUT2D eigenvalue weighted by Crippen LogP contribution is 2.42. The molecule has 0 radical (unpaired) electrons. The predicted molar refractivity (Wildman–Crippen MR) is 138 cm³/mol. The Labute approximate surface area is 209 Å². The summed E-state index contributed by atoms with van der Waals surface area (Å²) in [6.45, 7) is 6.25. The van der Waals surface area contributed by atoms with Gasteiger partial charge in [0.1, 0.15) is 12.4 Å². The number of aliphatic hydroxyl groups is 1. The molecule has 2 N–H and O–H groups in total. The predicted octanol–water partition coefficient (Wildman–Crippen LogP) is 3.41. The number of benzene rings is 2. The molecule has 0 spiro atoms. The Balaban J connectivity index is 1.46. The second-order valence-electron chi connectivity index (χ2n) is 10.2. The van der Waals surface area contributed by atoms with Crippen molar-refractivity contribution in [1.29, 1.82) is 0 Å². The first-order valence-corrected chi connectivity index (χ1v) is 12.6. The van der Waals surface area contributed by atoms with E-state index in [4.69, 9.17) is 16.6 Å². The third-order valence-electron chi connectivity index (χ3n) is 6.97. The zero-order chi connectivity index (χ0) is 24.7. The topological polar surface area (TPSA) is 87.5 Å². The minimum absolute atomic E-state index is 0.0288. The maximum Gasteiger partial charge on any atom is 0.262 e. The molecule has 2 heterocycles. The van der Waals surface area contributed by atoms with Crippen molar-refractivity contribution in [3.05, 3.63) is 63.4 Å². The van der Waals surface area contributed by atoms with Crippen LogP contribution in [0.1, 0.15) is 38.2 Å². The summed E-state index contributed by atoms with van der Waals surface area (Å²) in [5.41, 5.74) is 2.22. The molecule has 5 rings (SSSR count). The van der Waals surface area contributed by atoms with E-state index in [2.05, 4.69) is 16.3 Å². The lowest BCUT2D eigenvalue weighted by molar-refractivity contribution is -0.122. The lowest BCUT2D eigenvalue weighted by Gasteiger charge is -2.43. The molecule has 1 aliphatic carbocycles. The van der Waals surface area contributed by atoms with Crippen LogP contribution in [0.15, 0.2) is 47.3 Å². The van der Waals surface area contributed by atoms with Gasteiger partial charge in [-0.25, -0.2) is 4.98 Å². The van der Waals surface area contributed by atoms with Gasteiger partial charge in [-0.15, -0.1) is 0 Å². The van der Waals surface area contributed by atoms with Crippen LogP contribution < -0.4 is 10.9 Å². The molecule has 0 unspecified atom stereocenters. The molecule has 1 aromatic heterocycles. The van der Waals surface area contributed by atoms with Gasteiger partial charge in [0.15, 0.2) is 0 Å². The SMILES string of the molecule is CC(C)NC(=O)Cn1c(-c2cccc(Cl)c2)nc2ccc(C3CC(CN4CC(O)C4)C3)cc2c1=O. The number of hydrogen-bond donors (Lipinski definition) is 2. The minimum atomic E-state index is -0.236. The molecule has 3 aromatic rings. The molecule has 7 nitrogen and oxygen atoms in total. The Morgan fingerprint density at radius 3 is 2.66 bits per heavy atom. The molecule has 8 heteroatoms. The molecule has 1 aliphatic heterocycles. The van der Waals surface area contributed by atoms with Crippen LogP contribution in [0.5, 0.6) is 0 Å². The number of amides is 1.